The molecule has 0 fully saturated rings. The minimum atomic E-state index is -0.0620. The standard InChI is InChI=1S/C15H19IN2O/c1-15(2,3)17-9-12-11-7-5-6-8-13(11)18(10-19-4)14(12)16/h5-9H,10H2,1-4H3. The molecule has 0 saturated heterocycles. The van der Waals surface area contributed by atoms with Gasteiger partial charge >= 0.3 is 0 Å². The highest BCUT2D eigenvalue weighted by Gasteiger charge is 2.14. The maximum Gasteiger partial charge on any atom is 0.123 e. The van der Waals surface area contributed by atoms with Crippen LogP contribution in [0.4, 0.5) is 0 Å². The molecule has 0 aliphatic rings. The van der Waals surface area contributed by atoms with Crippen LogP contribution < -0.4 is 0 Å². The number of hydrogen-bond donors (Lipinski definition) is 0. The smallest absolute Gasteiger partial charge is 0.123 e. The third kappa shape index (κ3) is 3.17. The summed E-state index contributed by atoms with van der Waals surface area (Å²) in [6.07, 6.45) is 1.98. The third-order valence-electron chi connectivity index (χ3n) is 2.78. The zero-order chi connectivity index (χ0) is 14.0. The van der Waals surface area contributed by atoms with Crippen molar-refractivity contribution >= 4 is 39.7 Å². The van der Waals surface area contributed by atoms with Crippen LogP contribution in [0.3, 0.4) is 0 Å². The zero-order valence-corrected chi connectivity index (χ0v) is 13.9. The summed E-state index contributed by atoms with van der Waals surface area (Å²) in [6, 6.07) is 8.36. The molecule has 0 aliphatic heterocycles. The first-order chi connectivity index (χ1) is 8.94. The molecule has 0 aliphatic carbocycles. The van der Waals surface area contributed by atoms with Crippen LogP contribution in [0.2, 0.25) is 0 Å². The van der Waals surface area contributed by atoms with E-state index in [1.54, 1.807) is 7.11 Å². The predicted octanol–water partition coefficient (Wildman–Crippen LogP) is 4.07. The molecular weight excluding hydrogens is 351 g/mol. The van der Waals surface area contributed by atoms with Gasteiger partial charge in [-0.05, 0) is 49.4 Å². The maximum absolute atomic E-state index is 5.29. The molecule has 0 amide bonds. The van der Waals surface area contributed by atoms with E-state index in [-0.39, 0.29) is 5.54 Å². The molecule has 2 aromatic rings. The van der Waals surface area contributed by atoms with Crippen LogP contribution in [0.1, 0.15) is 26.3 Å². The van der Waals surface area contributed by atoms with E-state index in [0.717, 1.165) is 3.70 Å². The summed E-state index contributed by atoms with van der Waals surface area (Å²) >= 11 is 2.36. The lowest BCUT2D eigenvalue weighted by atomic mass is 10.1. The molecule has 0 spiro atoms. The van der Waals surface area contributed by atoms with Crippen molar-refractivity contribution in [1.29, 1.82) is 0 Å². The molecule has 2 rings (SSSR count). The molecule has 1 heterocycles. The van der Waals surface area contributed by atoms with Gasteiger partial charge in [-0.3, -0.25) is 4.99 Å². The number of ether oxygens (including phenoxy) is 1. The van der Waals surface area contributed by atoms with Crippen LogP contribution in [0.5, 0.6) is 0 Å². The Morgan fingerprint density at radius 3 is 2.63 bits per heavy atom. The Hall–Kier alpha value is -0.880. The highest BCUT2D eigenvalue weighted by molar-refractivity contribution is 14.1. The molecule has 0 saturated carbocycles. The van der Waals surface area contributed by atoms with Crippen molar-refractivity contribution in [3.63, 3.8) is 0 Å². The topological polar surface area (TPSA) is 26.5 Å². The Morgan fingerprint density at radius 2 is 2.00 bits per heavy atom. The molecule has 1 aromatic heterocycles. The summed E-state index contributed by atoms with van der Waals surface area (Å²) in [5, 5.41) is 1.22. The van der Waals surface area contributed by atoms with Crippen molar-refractivity contribution in [2.24, 2.45) is 4.99 Å². The van der Waals surface area contributed by atoms with E-state index in [9.17, 15) is 0 Å². The monoisotopic (exact) mass is 370 g/mol. The number of nitrogens with zero attached hydrogens (tertiary/aromatic N) is 2. The number of para-hydroxylation sites is 1. The SMILES string of the molecule is COCn1c(I)c(C=NC(C)(C)C)c2ccccc21. The summed E-state index contributed by atoms with van der Waals surface area (Å²) in [4.78, 5) is 4.63. The van der Waals surface area contributed by atoms with Gasteiger partial charge in [0.2, 0.25) is 0 Å². The number of fused-ring (bicyclic) bond motifs is 1. The second kappa shape index (κ2) is 5.63. The predicted molar refractivity (Wildman–Crippen MR) is 89.0 cm³/mol. The van der Waals surface area contributed by atoms with Crippen LogP contribution in [0.15, 0.2) is 29.3 Å². The molecule has 0 N–H and O–H groups in total. The molecule has 1 aromatic carbocycles. The fourth-order valence-corrected chi connectivity index (χ4v) is 2.76. The van der Waals surface area contributed by atoms with Gasteiger partial charge in [0.1, 0.15) is 6.73 Å². The molecule has 4 heteroatoms. The summed E-state index contributed by atoms with van der Waals surface area (Å²) in [5.41, 5.74) is 2.29. The lowest BCUT2D eigenvalue weighted by Gasteiger charge is -2.10. The number of hydrogen-bond acceptors (Lipinski definition) is 2. The van der Waals surface area contributed by atoms with E-state index in [4.69, 9.17) is 4.74 Å². The van der Waals surface area contributed by atoms with Crippen molar-refractivity contribution in [3.8, 4) is 0 Å². The highest BCUT2D eigenvalue weighted by atomic mass is 127. The van der Waals surface area contributed by atoms with Gasteiger partial charge in [0.25, 0.3) is 0 Å². The van der Waals surface area contributed by atoms with Crippen molar-refractivity contribution in [2.75, 3.05) is 7.11 Å². The highest BCUT2D eigenvalue weighted by Crippen LogP contribution is 2.26. The first-order valence-corrected chi connectivity index (χ1v) is 7.33. The molecule has 102 valence electrons. The average Bonchev–Trinajstić information content (AvgIpc) is 2.60. The van der Waals surface area contributed by atoms with Crippen molar-refractivity contribution < 1.29 is 4.74 Å². The van der Waals surface area contributed by atoms with E-state index in [2.05, 4.69) is 77.2 Å². The fraction of sp³-hybridized carbons (Fsp3) is 0.400. The number of aromatic nitrogens is 1. The summed E-state index contributed by atoms with van der Waals surface area (Å²) < 4.78 is 8.62. The Morgan fingerprint density at radius 1 is 1.32 bits per heavy atom. The Kier molecular flexibility index (Phi) is 4.30. The third-order valence-corrected chi connectivity index (χ3v) is 3.95. The van der Waals surface area contributed by atoms with Gasteiger partial charge in [0.15, 0.2) is 0 Å². The van der Waals surface area contributed by atoms with Gasteiger partial charge in [-0.25, -0.2) is 0 Å². The molecular formula is C15H19IN2O. The van der Waals surface area contributed by atoms with Crippen molar-refractivity contribution in [2.45, 2.75) is 33.0 Å². The van der Waals surface area contributed by atoms with Gasteiger partial charge in [-0.1, -0.05) is 18.2 Å². The van der Waals surface area contributed by atoms with Crippen molar-refractivity contribution in [1.82, 2.24) is 4.57 Å². The first-order valence-electron chi connectivity index (χ1n) is 6.25. The number of methoxy groups -OCH3 is 1. The van der Waals surface area contributed by atoms with E-state index >= 15 is 0 Å². The molecule has 19 heavy (non-hydrogen) atoms. The van der Waals surface area contributed by atoms with Crippen LogP contribution >= 0.6 is 22.6 Å². The minimum Gasteiger partial charge on any atom is -0.364 e. The van der Waals surface area contributed by atoms with Gasteiger partial charge < -0.3 is 9.30 Å². The second-order valence-corrected chi connectivity index (χ2v) is 6.52. The Bertz CT molecular complexity index is 608. The normalized spacial score (nSPS) is 12.7. The molecule has 0 atom stereocenters. The van der Waals surface area contributed by atoms with E-state index in [0.29, 0.717) is 6.73 Å². The summed E-state index contributed by atoms with van der Waals surface area (Å²) in [7, 11) is 1.72. The van der Waals surface area contributed by atoms with Gasteiger partial charge in [0, 0.05) is 24.3 Å². The Labute approximate surface area is 127 Å². The number of benzene rings is 1. The van der Waals surface area contributed by atoms with E-state index < -0.39 is 0 Å². The molecule has 0 radical (unpaired) electrons. The largest absolute Gasteiger partial charge is 0.364 e. The van der Waals surface area contributed by atoms with E-state index in [1.807, 2.05) is 6.21 Å². The molecule has 0 unspecified atom stereocenters. The maximum atomic E-state index is 5.29. The lowest BCUT2D eigenvalue weighted by molar-refractivity contribution is 0.133. The summed E-state index contributed by atoms with van der Waals surface area (Å²) in [6.45, 7) is 6.86. The average molecular weight is 370 g/mol. The second-order valence-electron chi connectivity index (χ2n) is 5.50. The van der Waals surface area contributed by atoms with Crippen LogP contribution in [-0.2, 0) is 11.5 Å². The molecule has 0 bridgehead atoms. The zero-order valence-electron chi connectivity index (χ0n) is 11.8. The van der Waals surface area contributed by atoms with Crippen molar-refractivity contribution in [3.05, 3.63) is 33.5 Å². The fourth-order valence-electron chi connectivity index (χ4n) is 1.94. The first kappa shape index (κ1) is 14.5. The number of halogens is 1. The van der Waals surface area contributed by atoms with Crippen LogP contribution in [-0.4, -0.2) is 23.4 Å². The van der Waals surface area contributed by atoms with Crippen LogP contribution in [0, 0.1) is 3.70 Å². The minimum absolute atomic E-state index is 0.0620. The molecule has 3 nitrogen and oxygen atoms in total. The van der Waals surface area contributed by atoms with Gasteiger partial charge in [-0.2, -0.15) is 0 Å². The van der Waals surface area contributed by atoms with E-state index in [1.165, 1.54) is 16.5 Å². The lowest BCUT2D eigenvalue weighted by Crippen LogP contribution is -2.10. The van der Waals surface area contributed by atoms with Crippen LogP contribution in [0.25, 0.3) is 10.9 Å². The number of aliphatic imine (C=N–C) groups is 1. The van der Waals surface area contributed by atoms with Gasteiger partial charge in [-0.15, -0.1) is 0 Å². The number of rotatable bonds is 3. The quantitative estimate of drug-likeness (QED) is 0.591. The summed E-state index contributed by atoms with van der Waals surface area (Å²) in [5.74, 6) is 0. The Balaban J connectivity index is 2.60. The van der Waals surface area contributed by atoms with Gasteiger partial charge in [0.05, 0.1) is 14.8 Å².